The number of carbonyl (C=O) groups excluding carboxylic acids is 1. The van der Waals surface area contributed by atoms with Crippen molar-refractivity contribution in [1.82, 2.24) is 24.5 Å². The molecule has 6 heteroatoms. The minimum absolute atomic E-state index is 0.148. The van der Waals surface area contributed by atoms with Crippen LogP contribution in [0, 0.1) is 0 Å². The summed E-state index contributed by atoms with van der Waals surface area (Å²) in [4.78, 5) is 15.0. The highest BCUT2D eigenvalue weighted by Crippen LogP contribution is 2.38. The highest BCUT2D eigenvalue weighted by atomic mass is 16.2. The summed E-state index contributed by atoms with van der Waals surface area (Å²) in [6.45, 7) is 1.12. The monoisotopic (exact) mass is 327 g/mol. The Hall–Kier alpha value is -2.11. The number of carbonyl (C=O) groups is 1. The maximum Gasteiger partial charge on any atom is 0.244 e. The van der Waals surface area contributed by atoms with Gasteiger partial charge in [0, 0.05) is 37.6 Å². The van der Waals surface area contributed by atoms with Gasteiger partial charge in [-0.05, 0) is 37.8 Å². The number of hydrogen-bond donors (Lipinski definition) is 0. The third kappa shape index (κ3) is 3.09. The van der Waals surface area contributed by atoms with E-state index in [0.29, 0.717) is 12.5 Å². The molecule has 1 saturated carbocycles. The molecular formula is C18H25N5O. The molecule has 6 nitrogen and oxygen atoms in total. The smallest absolute Gasteiger partial charge is 0.244 e. The van der Waals surface area contributed by atoms with Crippen LogP contribution in [0.2, 0.25) is 0 Å². The summed E-state index contributed by atoms with van der Waals surface area (Å²) < 4.78 is 3.85. The molecule has 1 atom stereocenters. The normalized spacial score (nSPS) is 21.7. The van der Waals surface area contributed by atoms with Crippen molar-refractivity contribution in [3.8, 4) is 0 Å². The lowest BCUT2D eigenvalue weighted by atomic mass is 10.1. The van der Waals surface area contributed by atoms with Gasteiger partial charge in [-0.25, -0.2) is 4.68 Å². The van der Waals surface area contributed by atoms with E-state index in [1.807, 2.05) is 6.20 Å². The standard InChI is InChI=1S/C18H25N5O/c1-21-10-5-7-16(21)17-6-3-2-4-11-23(17)18(24)13-22-12-15(19-20-22)14-8-9-14/h5,7,10,12,14,17H,2-4,6,8-9,11,13H2,1H3/t17-/m1/s1. The zero-order valence-electron chi connectivity index (χ0n) is 14.3. The number of nitrogens with zero attached hydrogens (tertiary/aromatic N) is 5. The van der Waals surface area contributed by atoms with E-state index in [-0.39, 0.29) is 11.9 Å². The number of aryl methyl sites for hydroxylation is 1. The van der Waals surface area contributed by atoms with Crippen molar-refractivity contribution in [2.75, 3.05) is 6.54 Å². The van der Waals surface area contributed by atoms with Crippen molar-refractivity contribution in [2.24, 2.45) is 7.05 Å². The molecule has 2 aromatic heterocycles. The fraction of sp³-hybridized carbons (Fsp3) is 0.611. The lowest BCUT2D eigenvalue weighted by Crippen LogP contribution is -2.37. The van der Waals surface area contributed by atoms with Crippen LogP contribution in [0.25, 0.3) is 0 Å². The van der Waals surface area contributed by atoms with E-state index in [1.165, 1.54) is 31.4 Å². The van der Waals surface area contributed by atoms with Crippen molar-refractivity contribution >= 4 is 5.91 Å². The van der Waals surface area contributed by atoms with Gasteiger partial charge in [-0.3, -0.25) is 4.79 Å². The van der Waals surface area contributed by atoms with Gasteiger partial charge in [-0.1, -0.05) is 18.1 Å². The fourth-order valence-electron chi connectivity index (χ4n) is 3.72. The van der Waals surface area contributed by atoms with Gasteiger partial charge in [0.05, 0.1) is 11.7 Å². The van der Waals surface area contributed by atoms with Crippen LogP contribution in [-0.2, 0) is 18.4 Å². The van der Waals surface area contributed by atoms with E-state index in [0.717, 1.165) is 25.1 Å². The SMILES string of the molecule is Cn1cccc1[C@H]1CCCCCN1C(=O)Cn1cc(C2CC2)nn1. The molecule has 1 saturated heterocycles. The Bertz CT molecular complexity index is 715. The molecule has 0 bridgehead atoms. The zero-order chi connectivity index (χ0) is 16.5. The quantitative estimate of drug-likeness (QED) is 0.867. The first kappa shape index (κ1) is 15.4. The highest BCUT2D eigenvalue weighted by molar-refractivity contribution is 5.76. The first-order valence-electron chi connectivity index (χ1n) is 9.03. The van der Waals surface area contributed by atoms with E-state index in [9.17, 15) is 4.79 Å². The summed E-state index contributed by atoms with van der Waals surface area (Å²) in [7, 11) is 2.06. The molecule has 2 fully saturated rings. The maximum absolute atomic E-state index is 13.0. The number of amides is 1. The van der Waals surface area contributed by atoms with Crippen LogP contribution < -0.4 is 0 Å². The second kappa shape index (κ2) is 6.42. The topological polar surface area (TPSA) is 56.0 Å². The minimum Gasteiger partial charge on any atom is -0.353 e. The molecular weight excluding hydrogens is 302 g/mol. The second-order valence-corrected chi connectivity index (χ2v) is 7.11. The average molecular weight is 327 g/mol. The Balaban J connectivity index is 1.51. The molecule has 2 aromatic rings. The fourth-order valence-corrected chi connectivity index (χ4v) is 3.72. The first-order chi connectivity index (χ1) is 11.7. The summed E-state index contributed by atoms with van der Waals surface area (Å²) >= 11 is 0. The van der Waals surface area contributed by atoms with Gasteiger partial charge in [0.2, 0.25) is 5.91 Å². The Morgan fingerprint density at radius 1 is 1.25 bits per heavy atom. The molecule has 1 aliphatic heterocycles. The predicted molar refractivity (Wildman–Crippen MR) is 90.3 cm³/mol. The molecule has 0 spiro atoms. The van der Waals surface area contributed by atoms with Crippen LogP contribution in [0.1, 0.15) is 61.9 Å². The number of rotatable bonds is 4. The predicted octanol–water partition coefficient (Wildman–Crippen LogP) is 2.64. The summed E-state index contributed by atoms with van der Waals surface area (Å²) in [5.74, 6) is 0.721. The lowest BCUT2D eigenvalue weighted by molar-refractivity contribution is -0.134. The molecule has 0 unspecified atom stereocenters. The van der Waals surface area contributed by atoms with Gasteiger partial charge in [0.1, 0.15) is 6.54 Å². The third-order valence-electron chi connectivity index (χ3n) is 5.25. The van der Waals surface area contributed by atoms with Gasteiger partial charge in [-0.2, -0.15) is 0 Å². The Labute approximate surface area is 142 Å². The number of aromatic nitrogens is 4. The molecule has 2 aliphatic rings. The summed E-state index contributed by atoms with van der Waals surface area (Å²) in [5.41, 5.74) is 2.26. The summed E-state index contributed by atoms with van der Waals surface area (Å²) in [6, 6.07) is 4.37. The Morgan fingerprint density at radius 2 is 2.12 bits per heavy atom. The Morgan fingerprint density at radius 3 is 2.88 bits per heavy atom. The van der Waals surface area contributed by atoms with Crippen LogP contribution in [0.3, 0.4) is 0 Å². The lowest BCUT2D eigenvalue weighted by Gasteiger charge is -2.30. The average Bonchev–Trinajstić information content (AvgIpc) is 3.26. The van der Waals surface area contributed by atoms with E-state index < -0.39 is 0 Å². The molecule has 128 valence electrons. The van der Waals surface area contributed by atoms with Crippen molar-refractivity contribution in [3.63, 3.8) is 0 Å². The van der Waals surface area contributed by atoms with Crippen molar-refractivity contribution in [1.29, 1.82) is 0 Å². The molecule has 3 heterocycles. The summed E-state index contributed by atoms with van der Waals surface area (Å²) in [6.07, 6.45) is 10.9. The molecule has 1 amide bonds. The second-order valence-electron chi connectivity index (χ2n) is 7.11. The summed E-state index contributed by atoms with van der Waals surface area (Å²) in [5, 5.41) is 8.37. The van der Waals surface area contributed by atoms with Crippen LogP contribution >= 0.6 is 0 Å². The van der Waals surface area contributed by atoms with Gasteiger partial charge < -0.3 is 9.47 Å². The Kier molecular flexibility index (Phi) is 4.12. The van der Waals surface area contributed by atoms with Crippen molar-refractivity contribution in [3.05, 3.63) is 35.9 Å². The first-order valence-corrected chi connectivity index (χ1v) is 9.03. The number of likely N-dealkylation sites (tertiary alicyclic amines) is 1. The van der Waals surface area contributed by atoms with Crippen LogP contribution in [0.5, 0.6) is 0 Å². The van der Waals surface area contributed by atoms with E-state index in [4.69, 9.17) is 0 Å². The zero-order valence-corrected chi connectivity index (χ0v) is 14.3. The molecule has 0 aromatic carbocycles. The van der Waals surface area contributed by atoms with Gasteiger partial charge >= 0.3 is 0 Å². The van der Waals surface area contributed by atoms with Gasteiger partial charge in [0.15, 0.2) is 0 Å². The van der Waals surface area contributed by atoms with Crippen LogP contribution in [-0.4, -0.2) is 36.9 Å². The minimum atomic E-state index is 0.148. The van der Waals surface area contributed by atoms with Gasteiger partial charge in [0.25, 0.3) is 0 Å². The molecule has 0 radical (unpaired) electrons. The van der Waals surface area contributed by atoms with Crippen LogP contribution in [0.4, 0.5) is 0 Å². The largest absolute Gasteiger partial charge is 0.353 e. The van der Waals surface area contributed by atoms with Gasteiger partial charge in [-0.15, -0.1) is 5.10 Å². The molecule has 4 rings (SSSR count). The maximum atomic E-state index is 13.0. The molecule has 0 N–H and O–H groups in total. The van der Waals surface area contributed by atoms with E-state index in [1.54, 1.807) is 4.68 Å². The number of hydrogen-bond acceptors (Lipinski definition) is 3. The molecule has 1 aliphatic carbocycles. The van der Waals surface area contributed by atoms with Crippen molar-refractivity contribution in [2.45, 2.75) is 57.0 Å². The van der Waals surface area contributed by atoms with E-state index in [2.05, 4.69) is 45.2 Å². The van der Waals surface area contributed by atoms with Crippen molar-refractivity contribution < 1.29 is 4.79 Å². The third-order valence-corrected chi connectivity index (χ3v) is 5.25. The van der Waals surface area contributed by atoms with E-state index >= 15 is 0 Å². The molecule has 24 heavy (non-hydrogen) atoms. The highest BCUT2D eigenvalue weighted by Gasteiger charge is 2.30. The van der Waals surface area contributed by atoms with Crippen LogP contribution in [0.15, 0.2) is 24.5 Å².